The molecule has 0 bridgehead atoms. The van der Waals surface area contributed by atoms with Crippen LogP contribution in [0, 0.1) is 12.8 Å². The second-order valence-corrected chi connectivity index (χ2v) is 7.88. The quantitative estimate of drug-likeness (QED) is 0.916. The summed E-state index contributed by atoms with van der Waals surface area (Å²) in [6.07, 6.45) is 6.00. The van der Waals surface area contributed by atoms with Gasteiger partial charge >= 0.3 is 0 Å². The Bertz CT molecular complexity index is 507. The van der Waals surface area contributed by atoms with Gasteiger partial charge in [0, 0.05) is 15.8 Å². The number of rotatable bonds is 4. The van der Waals surface area contributed by atoms with E-state index in [2.05, 4.69) is 43.1 Å². The second kappa shape index (κ2) is 6.09. The van der Waals surface area contributed by atoms with Crippen LogP contribution in [0.3, 0.4) is 0 Å². The molecule has 0 aromatic carbocycles. The van der Waals surface area contributed by atoms with E-state index >= 15 is 0 Å². The SMILES string of the molecule is CCC(C)C1NC(c2ccc(C)s2)N(C2CCCC2)C1=O. The molecule has 1 saturated carbocycles. The summed E-state index contributed by atoms with van der Waals surface area (Å²) in [6.45, 7) is 6.49. The third kappa shape index (κ3) is 2.76. The summed E-state index contributed by atoms with van der Waals surface area (Å²) < 4.78 is 0. The van der Waals surface area contributed by atoms with Gasteiger partial charge in [-0.25, -0.2) is 0 Å². The molecular weight excluding hydrogens is 280 g/mol. The Balaban J connectivity index is 1.89. The Labute approximate surface area is 131 Å². The Hall–Kier alpha value is -0.870. The number of hydrogen-bond donors (Lipinski definition) is 1. The van der Waals surface area contributed by atoms with Crippen molar-refractivity contribution in [3.63, 3.8) is 0 Å². The van der Waals surface area contributed by atoms with E-state index in [0.717, 1.165) is 6.42 Å². The molecule has 1 amide bonds. The molecule has 1 aromatic rings. The lowest BCUT2D eigenvalue weighted by Gasteiger charge is -2.29. The van der Waals surface area contributed by atoms with Crippen molar-refractivity contribution in [2.75, 3.05) is 0 Å². The Morgan fingerprint density at radius 1 is 1.38 bits per heavy atom. The molecule has 116 valence electrons. The highest BCUT2D eigenvalue weighted by Gasteiger charge is 2.45. The lowest BCUT2D eigenvalue weighted by molar-refractivity contribution is -0.133. The molecule has 3 unspecified atom stereocenters. The highest BCUT2D eigenvalue weighted by molar-refractivity contribution is 7.12. The first-order valence-corrected chi connectivity index (χ1v) is 9.08. The number of thiophene rings is 1. The van der Waals surface area contributed by atoms with Crippen molar-refractivity contribution >= 4 is 17.2 Å². The minimum Gasteiger partial charge on any atom is -0.318 e. The highest BCUT2D eigenvalue weighted by Crippen LogP contribution is 2.38. The van der Waals surface area contributed by atoms with Crippen molar-refractivity contribution in [3.05, 3.63) is 21.9 Å². The van der Waals surface area contributed by atoms with E-state index in [1.807, 2.05) is 11.3 Å². The van der Waals surface area contributed by atoms with E-state index in [0.29, 0.717) is 17.9 Å². The van der Waals surface area contributed by atoms with Gasteiger partial charge in [-0.3, -0.25) is 10.1 Å². The van der Waals surface area contributed by atoms with Crippen molar-refractivity contribution in [2.45, 2.75) is 71.1 Å². The lowest BCUT2D eigenvalue weighted by atomic mass is 9.99. The molecule has 0 spiro atoms. The summed E-state index contributed by atoms with van der Waals surface area (Å²) >= 11 is 1.81. The maximum Gasteiger partial charge on any atom is 0.241 e. The fraction of sp³-hybridized carbons (Fsp3) is 0.706. The summed E-state index contributed by atoms with van der Waals surface area (Å²) in [7, 11) is 0. The summed E-state index contributed by atoms with van der Waals surface area (Å²) in [5.74, 6) is 0.722. The molecule has 2 heterocycles. The van der Waals surface area contributed by atoms with Gasteiger partial charge in [0.15, 0.2) is 0 Å². The van der Waals surface area contributed by atoms with Crippen molar-refractivity contribution in [3.8, 4) is 0 Å². The lowest BCUT2D eigenvalue weighted by Crippen LogP contribution is -2.39. The van der Waals surface area contributed by atoms with Crippen LogP contribution < -0.4 is 5.32 Å². The van der Waals surface area contributed by atoms with Gasteiger partial charge in [0.05, 0.1) is 6.04 Å². The maximum atomic E-state index is 13.0. The third-order valence-corrected chi connectivity index (χ3v) is 6.15. The van der Waals surface area contributed by atoms with Gasteiger partial charge < -0.3 is 4.90 Å². The molecular formula is C17H26N2OS. The Morgan fingerprint density at radius 3 is 2.67 bits per heavy atom. The van der Waals surface area contributed by atoms with Gasteiger partial charge in [0.25, 0.3) is 0 Å². The van der Waals surface area contributed by atoms with Crippen LogP contribution in [0.5, 0.6) is 0 Å². The van der Waals surface area contributed by atoms with Gasteiger partial charge in [-0.2, -0.15) is 0 Å². The molecule has 1 saturated heterocycles. The highest BCUT2D eigenvalue weighted by atomic mass is 32.1. The first kappa shape index (κ1) is 15.0. The van der Waals surface area contributed by atoms with Gasteiger partial charge in [-0.15, -0.1) is 11.3 Å². The fourth-order valence-electron chi connectivity index (χ4n) is 3.65. The van der Waals surface area contributed by atoms with Crippen LogP contribution in [0.1, 0.15) is 61.9 Å². The normalized spacial score (nSPS) is 28.5. The van der Waals surface area contributed by atoms with Crippen molar-refractivity contribution < 1.29 is 4.79 Å². The van der Waals surface area contributed by atoms with Crippen LogP contribution in [0.15, 0.2) is 12.1 Å². The van der Waals surface area contributed by atoms with Crippen molar-refractivity contribution in [1.29, 1.82) is 0 Å². The molecule has 1 aliphatic carbocycles. The number of carbonyl (C=O) groups is 1. The average molecular weight is 306 g/mol. The first-order valence-electron chi connectivity index (χ1n) is 8.26. The second-order valence-electron chi connectivity index (χ2n) is 6.56. The minimum absolute atomic E-state index is 0.0111. The molecule has 1 aliphatic heterocycles. The molecule has 3 nitrogen and oxygen atoms in total. The van der Waals surface area contributed by atoms with Crippen LogP contribution in [-0.2, 0) is 4.79 Å². The standard InChI is InChI=1S/C17H26N2OS/c1-4-11(2)15-17(20)19(13-7-5-6-8-13)16(18-15)14-10-9-12(3)21-14/h9-11,13,15-16,18H,4-8H2,1-3H3. The van der Waals surface area contributed by atoms with Crippen LogP contribution in [0.2, 0.25) is 0 Å². The summed E-state index contributed by atoms with van der Waals surface area (Å²) in [5.41, 5.74) is 0. The first-order chi connectivity index (χ1) is 10.1. The van der Waals surface area contributed by atoms with Crippen molar-refractivity contribution in [1.82, 2.24) is 10.2 Å². The molecule has 4 heteroatoms. The van der Waals surface area contributed by atoms with E-state index in [9.17, 15) is 4.79 Å². The van der Waals surface area contributed by atoms with Gasteiger partial charge in [0.1, 0.15) is 6.17 Å². The number of carbonyl (C=O) groups excluding carboxylic acids is 1. The molecule has 1 N–H and O–H groups in total. The molecule has 3 rings (SSSR count). The zero-order valence-electron chi connectivity index (χ0n) is 13.3. The van der Waals surface area contributed by atoms with E-state index in [1.165, 1.54) is 35.4 Å². The maximum absolute atomic E-state index is 13.0. The minimum atomic E-state index is -0.0111. The van der Waals surface area contributed by atoms with Crippen LogP contribution in [-0.4, -0.2) is 22.9 Å². The topological polar surface area (TPSA) is 32.3 Å². The number of hydrogen-bond acceptors (Lipinski definition) is 3. The summed E-state index contributed by atoms with van der Waals surface area (Å²) in [6, 6.07) is 4.77. The molecule has 2 aliphatic rings. The van der Waals surface area contributed by atoms with Crippen molar-refractivity contribution in [2.24, 2.45) is 5.92 Å². The van der Waals surface area contributed by atoms with Crippen LogP contribution in [0.4, 0.5) is 0 Å². The molecule has 21 heavy (non-hydrogen) atoms. The van der Waals surface area contributed by atoms with Gasteiger partial charge in [0.2, 0.25) is 5.91 Å². The summed E-state index contributed by atoms with van der Waals surface area (Å²) in [4.78, 5) is 17.7. The molecule has 0 radical (unpaired) electrons. The third-order valence-electron chi connectivity index (χ3n) is 5.10. The molecule has 1 aromatic heterocycles. The summed E-state index contributed by atoms with van der Waals surface area (Å²) in [5, 5.41) is 3.63. The van der Waals surface area contributed by atoms with E-state index in [1.54, 1.807) is 0 Å². The number of amides is 1. The predicted molar refractivity (Wildman–Crippen MR) is 87.3 cm³/mol. The number of aryl methyl sites for hydroxylation is 1. The predicted octanol–water partition coefficient (Wildman–Crippen LogP) is 3.84. The average Bonchev–Trinajstić information content (AvgIpc) is 3.17. The monoisotopic (exact) mass is 306 g/mol. The number of nitrogens with one attached hydrogen (secondary N) is 1. The number of nitrogens with zero attached hydrogens (tertiary/aromatic N) is 1. The van der Waals surface area contributed by atoms with E-state index < -0.39 is 0 Å². The van der Waals surface area contributed by atoms with Crippen LogP contribution >= 0.6 is 11.3 Å². The fourth-order valence-corrected chi connectivity index (χ4v) is 4.58. The van der Waals surface area contributed by atoms with E-state index in [4.69, 9.17) is 0 Å². The Morgan fingerprint density at radius 2 is 2.10 bits per heavy atom. The molecule has 2 fully saturated rings. The van der Waals surface area contributed by atoms with E-state index in [-0.39, 0.29) is 12.2 Å². The molecule has 3 atom stereocenters. The zero-order valence-corrected chi connectivity index (χ0v) is 14.1. The zero-order chi connectivity index (χ0) is 15.0. The van der Waals surface area contributed by atoms with Gasteiger partial charge in [-0.05, 0) is 37.8 Å². The van der Waals surface area contributed by atoms with Crippen LogP contribution in [0.25, 0.3) is 0 Å². The largest absolute Gasteiger partial charge is 0.318 e. The Kier molecular flexibility index (Phi) is 4.36. The van der Waals surface area contributed by atoms with Gasteiger partial charge in [-0.1, -0.05) is 33.1 Å². The smallest absolute Gasteiger partial charge is 0.241 e.